The summed E-state index contributed by atoms with van der Waals surface area (Å²) in [5.41, 5.74) is 2.57. The molecule has 4 fully saturated rings. The van der Waals surface area contributed by atoms with Crippen molar-refractivity contribution in [2.24, 2.45) is 17.3 Å². The molecule has 4 unspecified atom stereocenters. The van der Waals surface area contributed by atoms with Crippen LogP contribution in [0.4, 0.5) is 0 Å². The number of H-pyrrole nitrogens is 1. The van der Waals surface area contributed by atoms with E-state index in [1.54, 1.807) is 0 Å². The fourth-order valence-electron chi connectivity index (χ4n) is 6.59. The minimum atomic E-state index is -0.323. The van der Waals surface area contributed by atoms with E-state index >= 15 is 0 Å². The van der Waals surface area contributed by atoms with Gasteiger partial charge in [0.2, 0.25) is 0 Å². The Morgan fingerprint density at radius 3 is 2.50 bits per heavy atom. The Balaban J connectivity index is 0.000000149. The van der Waals surface area contributed by atoms with E-state index in [4.69, 9.17) is 4.74 Å². The van der Waals surface area contributed by atoms with Crippen molar-refractivity contribution in [1.82, 2.24) is 15.3 Å². The summed E-state index contributed by atoms with van der Waals surface area (Å²) in [6, 6.07) is 16.2. The largest absolute Gasteiger partial charge is 0.460 e. The fourth-order valence-corrected chi connectivity index (χ4v) is 6.59. The Labute approximate surface area is 214 Å². The second-order valence-corrected chi connectivity index (χ2v) is 12.6. The van der Waals surface area contributed by atoms with Gasteiger partial charge in [0.25, 0.3) is 0 Å². The lowest BCUT2D eigenvalue weighted by Crippen LogP contribution is -2.29. The molecule has 4 atom stereocenters. The number of nitrogens with zero attached hydrogens (tertiary/aromatic N) is 1. The maximum Gasteiger partial charge on any atom is 0.309 e. The quantitative estimate of drug-likeness (QED) is 0.394. The van der Waals surface area contributed by atoms with Gasteiger partial charge in [0.1, 0.15) is 11.4 Å². The van der Waals surface area contributed by atoms with Gasteiger partial charge in [-0.1, -0.05) is 36.4 Å². The predicted molar refractivity (Wildman–Crippen MR) is 143 cm³/mol. The summed E-state index contributed by atoms with van der Waals surface area (Å²) in [5, 5.41) is 6.26. The van der Waals surface area contributed by atoms with Crippen LogP contribution in [-0.4, -0.2) is 27.6 Å². The minimum Gasteiger partial charge on any atom is -0.460 e. The van der Waals surface area contributed by atoms with Gasteiger partial charge in [-0.2, -0.15) is 0 Å². The summed E-state index contributed by atoms with van der Waals surface area (Å²) in [5.74, 6) is 2.09. The van der Waals surface area contributed by atoms with Crippen molar-refractivity contribution >= 4 is 16.7 Å². The highest BCUT2D eigenvalue weighted by Crippen LogP contribution is 2.59. The van der Waals surface area contributed by atoms with Crippen LogP contribution in [0.25, 0.3) is 22.0 Å². The smallest absolute Gasteiger partial charge is 0.309 e. The number of carbonyl (C=O) groups is 1. The maximum absolute atomic E-state index is 11.8. The zero-order valence-corrected chi connectivity index (χ0v) is 21.8. The Hall–Kier alpha value is -2.66. The van der Waals surface area contributed by atoms with Crippen LogP contribution in [0, 0.1) is 17.3 Å². The van der Waals surface area contributed by atoms with Gasteiger partial charge in [0.15, 0.2) is 0 Å². The molecule has 0 amide bonds. The van der Waals surface area contributed by atoms with Crippen LogP contribution in [0.1, 0.15) is 84.0 Å². The van der Waals surface area contributed by atoms with Crippen molar-refractivity contribution in [2.45, 2.75) is 89.8 Å². The van der Waals surface area contributed by atoms with E-state index in [0.717, 1.165) is 30.3 Å². The molecule has 1 spiro atoms. The number of benzene rings is 2. The first-order chi connectivity index (χ1) is 17.3. The van der Waals surface area contributed by atoms with Crippen LogP contribution in [0.15, 0.2) is 48.7 Å². The molecular formula is C31H39N3O2. The van der Waals surface area contributed by atoms with Crippen molar-refractivity contribution in [1.29, 1.82) is 0 Å². The predicted octanol–water partition coefficient (Wildman–Crippen LogP) is 6.95. The standard InChI is InChI=1S/C19H19N3.C12H20O2/c1-2-4-13-9-14(6-5-12(13)3-1)17-11-20-19(22-17)18-15-7-8-16(10-15)21-18;1-11(2,3)14-10(13)9-4-5-12(8-9)6-7-12/h1-6,9,11,15-16,18,21H,7-8,10H2,(H,20,22);9H,4-8H2,1-3H3. The van der Waals surface area contributed by atoms with Gasteiger partial charge >= 0.3 is 5.97 Å². The molecule has 2 bridgehead atoms. The topological polar surface area (TPSA) is 67.0 Å². The SMILES string of the molecule is CC(C)(C)OC(=O)C1CCC2(CC2)C1.c1ccc2cc(-c3cnc(C4NC5CCC4C5)[nH]3)ccc2c1. The zero-order chi connectivity index (χ0) is 24.9. The highest BCUT2D eigenvalue weighted by Gasteiger charge is 2.50. The first-order valence-electron chi connectivity index (χ1n) is 13.8. The molecule has 2 aromatic carbocycles. The Kier molecular flexibility index (Phi) is 5.94. The van der Waals surface area contributed by atoms with Gasteiger partial charge in [0, 0.05) is 11.6 Å². The zero-order valence-electron chi connectivity index (χ0n) is 21.8. The first kappa shape index (κ1) is 23.7. The molecule has 5 heteroatoms. The summed E-state index contributed by atoms with van der Waals surface area (Å²) in [7, 11) is 0. The molecule has 2 N–H and O–H groups in total. The van der Waals surface area contributed by atoms with Crippen LogP contribution in [0.3, 0.4) is 0 Å². The summed E-state index contributed by atoms with van der Waals surface area (Å²) in [4.78, 5) is 20.0. The maximum atomic E-state index is 11.8. The van der Waals surface area contributed by atoms with E-state index in [1.165, 1.54) is 54.9 Å². The molecule has 4 aliphatic rings. The average molecular weight is 486 g/mol. The molecule has 7 rings (SSSR count). The molecule has 5 nitrogen and oxygen atoms in total. The summed E-state index contributed by atoms with van der Waals surface area (Å²) < 4.78 is 5.40. The number of esters is 1. The third-order valence-electron chi connectivity index (χ3n) is 8.71. The number of piperidine rings is 1. The van der Waals surface area contributed by atoms with E-state index in [1.807, 2.05) is 27.0 Å². The Morgan fingerprint density at radius 1 is 1.03 bits per heavy atom. The van der Waals surface area contributed by atoms with Gasteiger partial charge in [-0.05, 0) is 100 Å². The average Bonchev–Trinajstić information content (AvgIpc) is 3.33. The molecule has 3 saturated carbocycles. The number of hydrogen-bond acceptors (Lipinski definition) is 4. The van der Waals surface area contributed by atoms with Crippen molar-refractivity contribution < 1.29 is 9.53 Å². The second kappa shape index (κ2) is 9.02. The number of hydrogen-bond donors (Lipinski definition) is 2. The minimum absolute atomic E-state index is 0.0290. The number of fused-ring (bicyclic) bond motifs is 3. The third-order valence-corrected chi connectivity index (χ3v) is 8.71. The van der Waals surface area contributed by atoms with Crippen molar-refractivity contribution in [2.75, 3.05) is 0 Å². The summed E-state index contributed by atoms with van der Waals surface area (Å²) in [6.07, 6.45) is 12.0. The third kappa shape index (κ3) is 4.95. The molecule has 3 aliphatic carbocycles. The lowest BCUT2D eigenvalue weighted by atomic mass is 10.00. The van der Waals surface area contributed by atoms with E-state index in [-0.39, 0.29) is 17.5 Å². The van der Waals surface area contributed by atoms with Crippen LogP contribution < -0.4 is 5.32 Å². The van der Waals surface area contributed by atoms with E-state index in [9.17, 15) is 4.79 Å². The summed E-state index contributed by atoms with van der Waals surface area (Å²) >= 11 is 0. The molecule has 2 heterocycles. The second-order valence-electron chi connectivity index (χ2n) is 12.6. The van der Waals surface area contributed by atoms with Gasteiger partial charge in [-0.15, -0.1) is 0 Å². The van der Waals surface area contributed by atoms with Crippen LogP contribution >= 0.6 is 0 Å². The van der Waals surface area contributed by atoms with Crippen LogP contribution in [0.5, 0.6) is 0 Å². The lowest BCUT2D eigenvalue weighted by molar-refractivity contribution is -0.159. The van der Waals surface area contributed by atoms with Crippen molar-refractivity contribution in [3.8, 4) is 11.3 Å². The number of ether oxygens (including phenoxy) is 1. The molecule has 1 aromatic heterocycles. The molecule has 36 heavy (non-hydrogen) atoms. The van der Waals surface area contributed by atoms with Gasteiger partial charge < -0.3 is 15.0 Å². The lowest BCUT2D eigenvalue weighted by Gasteiger charge is -2.22. The normalized spacial score (nSPS) is 27.8. The number of imidazole rings is 1. The van der Waals surface area contributed by atoms with Crippen LogP contribution in [-0.2, 0) is 9.53 Å². The number of nitrogens with one attached hydrogen (secondary N) is 2. The van der Waals surface area contributed by atoms with Crippen LogP contribution in [0.2, 0.25) is 0 Å². The number of rotatable bonds is 3. The molecular weight excluding hydrogens is 446 g/mol. The van der Waals surface area contributed by atoms with Gasteiger partial charge in [0.05, 0.1) is 23.9 Å². The molecule has 1 saturated heterocycles. The summed E-state index contributed by atoms with van der Waals surface area (Å²) in [6.45, 7) is 5.81. The molecule has 0 radical (unpaired) electrons. The Bertz CT molecular complexity index is 1250. The number of carbonyl (C=O) groups excluding carboxylic acids is 1. The van der Waals surface area contributed by atoms with Crippen molar-refractivity contribution in [3.63, 3.8) is 0 Å². The molecule has 3 aromatic rings. The highest BCUT2D eigenvalue weighted by molar-refractivity contribution is 5.86. The van der Waals surface area contributed by atoms with Crippen molar-refractivity contribution in [3.05, 3.63) is 54.5 Å². The van der Waals surface area contributed by atoms with Gasteiger partial charge in [-0.3, -0.25) is 4.79 Å². The fraction of sp³-hybridized carbons (Fsp3) is 0.548. The monoisotopic (exact) mass is 485 g/mol. The van der Waals surface area contributed by atoms with E-state index in [2.05, 4.69) is 57.7 Å². The van der Waals surface area contributed by atoms with E-state index < -0.39 is 0 Å². The number of aromatic nitrogens is 2. The van der Waals surface area contributed by atoms with Gasteiger partial charge in [-0.25, -0.2) is 4.98 Å². The molecule has 1 aliphatic heterocycles. The highest BCUT2D eigenvalue weighted by atomic mass is 16.6. The Morgan fingerprint density at radius 2 is 1.83 bits per heavy atom. The molecule has 190 valence electrons. The number of aromatic amines is 1. The first-order valence-corrected chi connectivity index (χ1v) is 13.8. The van der Waals surface area contributed by atoms with E-state index in [0.29, 0.717) is 17.5 Å².